The van der Waals surface area contributed by atoms with Crippen molar-refractivity contribution in [2.24, 2.45) is 0 Å². The van der Waals surface area contributed by atoms with E-state index in [9.17, 15) is 5.11 Å². The molecule has 0 bridgehead atoms. The van der Waals surface area contributed by atoms with Crippen molar-refractivity contribution in [3.05, 3.63) is 27.7 Å². The van der Waals surface area contributed by atoms with Gasteiger partial charge in [0.05, 0.1) is 10.0 Å². The fraction of sp³-hybridized carbons (Fsp3) is 0.273. The maximum absolute atomic E-state index is 9.30. The zero-order chi connectivity index (χ0) is 11.6. The predicted octanol–water partition coefficient (Wildman–Crippen LogP) is 3.93. The summed E-state index contributed by atoms with van der Waals surface area (Å²) < 4.78 is 0. The van der Waals surface area contributed by atoms with Gasteiger partial charge in [-0.2, -0.15) is 0 Å². The van der Waals surface area contributed by atoms with Crippen LogP contribution in [0.15, 0.2) is 12.1 Å². The normalized spacial score (nSPS) is 10.7. The highest BCUT2D eigenvalue weighted by Gasteiger charge is 2.09. The first-order valence-corrected chi connectivity index (χ1v) is 8.76. The summed E-state index contributed by atoms with van der Waals surface area (Å²) in [5.74, 6) is 2.99. The van der Waals surface area contributed by atoms with Crippen molar-refractivity contribution in [1.82, 2.24) is 0 Å². The first-order chi connectivity index (χ1) is 6.79. The van der Waals surface area contributed by atoms with Gasteiger partial charge in [0.25, 0.3) is 0 Å². The third kappa shape index (κ3) is 3.79. The van der Waals surface area contributed by atoms with Crippen LogP contribution in [0.4, 0.5) is 0 Å². The number of benzene rings is 1. The SMILES string of the molecule is C[Si](C)(C)C#Cc1cc(Cl)c(O)cc1Cl. The van der Waals surface area contributed by atoms with Crippen LogP contribution in [0.1, 0.15) is 5.56 Å². The van der Waals surface area contributed by atoms with Crippen molar-refractivity contribution < 1.29 is 5.11 Å². The van der Waals surface area contributed by atoms with Gasteiger partial charge in [0.1, 0.15) is 13.8 Å². The number of rotatable bonds is 0. The Morgan fingerprint density at radius 1 is 1.13 bits per heavy atom. The lowest BCUT2D eigenvalue weighted by Gasteiger charge is -2.04. The molecule has 1 aromatic rings. The molecular formula is C11H12Cl2OSi. The summed E-state index contributed by atoms with van der Waals surface area (Å²) in [5, 5.41) is 10.0. The summed E-state index contributed by atoms with van der Waals surface area (Å²) in [6, 6.07) is 3.00. The Hall–Kier alpha value is -0.623. The summed E-state index contributed by atoms with van der Waals surface area (Å²) in [4.78, 5) is 0. The van der Waals surface area contributed by atoms with E-state index in [1.54, 1.807) is 6.07 Å². The van der Waals surface area contributed by atoms with Crippen LogP contribution >= 0.6 is 23.2 Å². The number of halogens is 2. The second-order valence-electron chi connectivity index (χ2n) is 4.28. The molecule has 15 heavy (non-hydrogen) atoms. The summed E-state index contributed by atoms with van der Waals surface area (Å²) in [7, 11) is -1.42. The Kier molecular flexibility index (Phi) is 3.72. The van der Waals surface area contributed by atoms with Crippen LogP contribution in [0, 0.1) is 11.5 Å². The summed E-state index contributed by atoms with van der Waals surface area (Å²) >= 11 is 11.7. The number of phenols is 1. The lowest BCUT2D eigenvalue weighted by molar-refractivity contribution is 0.475. The first-order valence-electron chi connectivity index (χ1n) is 4.51. The van der Waals surface area contributed by atoms with Crippen molar-refractivity contribution in [2.75, 3.05) is 0 Å². The molecule has 0 radical (unpaired) electrons. The van der Waals surface area contributed by atoms with Gasteiger partial charge >= 0.3 is 0 Å². The van der Waals surface area contributed by atoms with Crippen molar-refractivity contribution in [3.8, 4) is 17.2 Å². The molecular weight excluding hydrogens is 247 g/mol. The lowest BCUT2D eigenvalue weighted by Crippen LogP contribution is -2.16. The molecule has 0 fully saturated rings. The topological polar surface area (TPSA) is 20.2 Å². The minimum Gasteiger partial charge on any atom is -0.506 e. The zero-order valence-electron chi connectivity index (χ0n) is 8.86. The van der Waals surface area contributed by atoms with E-state index in [1.165, 1.54) is 6.07 Å². The van der Waals surface area contributed by atoms with Crippen LogP contribution in [0.5, 0.6) is 5.75 Å². The molecule has 0 aromatic heterocycles. The Labute approximate surface area is 101 Å². The average molecular weight is 259 g/mol. The van der Waals surface area contributed by atoms with Crippen molar-refractivity contribution >= 4 is 31.3 Å². The van der Waals surface area contributed by atoms with Crippen molar-refractivity contribution in [3.63, 3.8) is 0 Å². The average Bonchev–Trinajstić information content (AvgIpc) is 2.07. The quantitative estimate of drug-likeness (QED) is 0.553. The molecule has 1 nitrogen and oxygen atoms in total. The maximum Gasteiger partial charge on any atom is 0.135 e. The minimum absolute atomic E-state index is 0.0137. The summed E-state index contributed by atoms with van der Waals surface area (Å²) in [6.45, 7) is 6.45. The van der Waals surface area contributed by atoms with Crippen LogP contribution in [0.3, 0.4) is 0 Å². The minimum atomic E-state index is -1.42. The van der Waals surface area contributed by atoms with Crippen LogP contribution in [0.2, 0.25) is 29.7 Å². The molecule has 80 valence electrons. The monoisotopic (exact) mass is 258 g/mol. The molecule has 0 saturated carbocycles. The maximum atomic E-state index is 9.30. The van der Waals surface area contributed by atoms with Gasteiger partial charge < -0.3 is 5.11 Å². The van der Waals surface area contributed by atoms with Crippen LogP contribution < -0.4 is 0 Å². The molecule has 0 aliphatic carbocycles. The highest BCUT2D eigenvalue weighted by Crippen LogP contribution is 2.29. The number of aromatic hydroxyl groups is 1. The van der Waals surface area contributed by atoms with Gasteiger partial charge in [-0.25, -0.2) is 0 Å². The molecule has 0 aliphatic rings. The third-order valence-corrected chi connectivity index (χ3v) is 3.10. The van der Waals surface area contributed by atoms with E-state index in [-0.39, 0.29) is 10.8 Å². The highest BCUT2D eigenvalue weighted by molar-refractivity contribution is 6.83. The Balaban J connectivity index is 3.15. The fourth-order valence-corrected chi connectivity index (χ4v) is 1.77. The third-order valence-electron chi connectivity index (χ3n) is 1.61. The first kappa shape index (κ1) is 12.4. The van der Waals surface area contributed by atoms with Gasteiger partial charge in [-0.1, -0.05) is 48.8 Å². The van der Waals surface area contributed by atoms with E-state index in [2.05, 4.69) is 31.1 Å². The Bertz CT molecular complexity index is 438. The molecule has 0 unspecified atom stereocenters. The van der Waals surface area contributed by atoms with Gasteiger partial charge in [-0.3, -0.25) is 0 Å². The van der Waals surface area contributed by atoms with E-state index in [4.69, 9.17) is 23.2 Å². The van der Waals surface area contributed by atoms with E-state index in [1.807, 2.05) is 0 Å². The molecule has 0 heterocycles. The summed E-state index contributed by atoms with van der Waals surface area (Å²) in [5.41, 5.74) is 3.86. The van der Waals surface area contributed by atoms with Crippen LogP contribution in [-0.4, -0.2) is 13.2 Å². The molecule has 4 heteroatoms. The number of phenolic OH excluding ortho intramolecular Hbond substituents is 1. The molecule has 0 atom stereocenters. The fourth-order valence-electron chi connectivity index (χ4n) is 0.887. The van der Waals surface area contributed by atoms with Gasteiger partial charge in [-0.05, 0) is 6.07 Å². The van der Waals surface area contributed by atoms with Gasteiger partial charge in [0.2, 0.25) is 0 Å². The molecule has 1 rings (SSSR count). The van der Waals surface area contributed by atoms with Gasteiger partial charge in [0.15, 0.2) is 0 Å². The second-order valence-corrected chi connectivity index (χ2v) is 9.85. The molecule has 0 aliphatic heterocycles. The smallest absolute Gasteiger partial charge is 0.135 e. The molecule has 0 amide bonds. The van der Waals surface area contributed by atoms with E-state index in [0.717, 1.165) is 0 Å². The standard InChI is InChI=1S/C11H12Cl2OSi/c1-15(2,3)5-4-8-6-10(13)11(14)7-9(8)12/h6-7,14H,1-3H3. The van der Waals surface area contributed by atoms with Crippen molar-refractivity contribution in [1.29, 1.82) is 0 Å². The van der Waals surface area contributed by atoms with Crippen molar-refractivity contribution in [2.45, 2.75) is 19.6 Å². The van der Waals surface area contributed by atoms with Crippen LogP contribution in [-0.2, 0) is 0 Å². The van der Waals surface area contributed by atoms with E-state index < -0.39 is 8.07 Å². The zero-order valence-corrected chi connectivity index (χ0v) is 11.4. The largest absolute Gasteiger partial charge is 0.506 e. The van der Waals surface area contributed by atoms with Gasteiger partial charge in [-0.15, -0.1) is 5.54 Å². The molecule has 1 aromatic carbocycles. The predicted molar refractivity (Wildman–Crippen MR) is 68.4 cm³/mol. The molecule has 0 saturated heterocycles. The highest BCUT2D eigenvalue weighted by atomic mass is 35.5. The van der Waals surface area contributed by atoms with Gasteiger partial charge in [0, 0.05) is 11.6 Å². The molecule has 1 N–H and O–H groups in total. The van der Waals surface area contributed by atoms with E-state index >= 15 is 0 Å². The molecule has 0 spiro atoms. The summed E-state index contributed by atoms with van der Waals surface area (Å²) in [6.07, 6.45) is 0. The second kappa shape index (κ2) is 4.48. The number of hydrogen-bond acceptors (Lipinski definition) is 1. The number of hydrogen-bond donors (Lipinski definition) is 1. The van der Waals surface area contributed by atoms with Crippen LogP contribution in [0.25, 0.3) is 0 Å². The van der Waals surface area contributed by atoms with E-state index in [0.29, 0.717) is 10.6 Å². The Morgan fingerprint density at radius 3 is 2.27 bits per heavy atom. The lowest BCUT2D eigenvalue weighted by atomic mass is 10.2. The Morgan fingerprint density at radius 2 is 1.73 bits per heavy atom.